The number of hydrogen-bond donors (Lipinski definition) is 1. The highest BCUT2D eigenvalue weighted by Crippen LogP contribution is 2.25. The van der Waals surface area contributed by atoms with E-state index < -0.39 is 0 Å². The molecular weight excluding hydrogens is 244 g/mol. The molecule has 6 heteroatoms. The lowest BCUT2D eigenvalue weighted by molar-refractivity contribution is -0.155. The number of likely N-dealkylation sites (tertiary alicyclic amines) is 1. The van der Waals surface area contributed by atoms with E-state index in [2.05, 4.69) is 28.7 Å². The molecule has 19 heavy (non-hydrogen) atoms. The Morgan fingerprint density at radius 3 is 3.05 bits per heavy atom. The predicted octanol–water partition coefficient (Wildman–Crippen LogP) is 0.230. The molecule has 2 aliphatic rings. The third kappa shape index (κ3) is 2.37. The van der Waals surface area contributed by atoms with Crippen LogP contribution >= 0.6 is 0 Å². The van der Waals surface area contributed by atoms with Gasteiger partial charge in [-0.25, -0.2) is 4.98 Å². The number of aromatic amines is 1. The number of H-pyrrole nitrogens is 1. The molecule has 0 spiro atoms. The second-order valence-electron chi connectivity index (χ2n) is 5.54. The third-order valence-electron chi connectivity index (χ3n) is 3.86. The lowest BCUT2D eigenvalue weighted by Gasteiger charge is -2.39. The molecule has 0 aromatic carbocycles. The van der Waals surface area contributed by atoms with E-state index >= 15 is 0 Å². The largest absolute Gasteiger partial charge is 0.365 e. The van der Waals surface area contributed by atoms with Gasteiger partial charge < -0.3 is 14.6 Å². The van der Waals surface area contributed by atoms with Crippen molar-refractivity contribution < 1.29 is 9.53 Å². The molecule has 1 amide bonds. The fourth-order valence-electron chi connectivity index (χ4n) is 3.10. The molecule has 6 nitrogen and oxygen atoms in total. The lowest BCUT2D eigenvalue weighted by Crippen LogP contribution is -2.56. The minimum atomic E-state index is 0.107. The number of nitrogens with one attached hydrogen (secondary N) is 1. The Balaban J connectivity index is 1.70. The summed E-state index contributed by atoms with van der Waals surface area (Å²) in [5, 5.41) is 0. The average molecular weight is 264 g/mol. The number of imidazole rings is 1. The minimum absolute atomic E-state index is 0.107. The highest BCUT2D eigenvalue weighted by molar-refractivity contribution is 5.79. The molecule has 0 saturated carbocycles. The normalized spacial score (nSPS) is 28.2. The van der Waals surface area contributed by atoms with Crippen LogP contribution in [0.5, 0.6) is 0 Å². The summed E-state index contributed by atoms with van der Waals surface area (Å²) in [6.07, 6.45) is 3.73. The van der Waals surface area contributed by atoms with Crippen molar-refractivity contribution >= 4 is 5.91 Å². The van der Waals surface area contributed by atoms with Crippen LogP contribution in [0.2, 0.25) is 0 Å². The van der Waals surface area contributed by atoms with Crippen LogP contribution in [0.1, 0.15) is 19.7 Å². The summed E-state index contributed by atoms with van der Waals surface area (Å²) in [6.45, 7) is 6.85. The van der Waals surface area contributed by atoms with E-state index in [1.165, 1.54) is 0 Å². The summed E-state index contributed by atoms with van der Waals surface area (Å²) in [7, 11) is 0. The van der Waals surface area contributed by atoms with Gasteiger partial charge in [0.15, 0.2) is 0 Å². The molecular formula is C13H20N4O2. The minimum Gasteiger partial charge on any atom is -0.365 e. The second kappa shape index (κ2) is 4.94. The molecule has 1 aromatic heterocycles. The van der Waals surface area contributed by atoms with Gasteiger partial charge in [-0.2, -0.15) is 0 Å². The van der Waals surface area contributed by atoms with Gasteiger partial charge >= 0.3 is 0 Å². The van der Waals surface area contributed by atoms with E-state index in [4.69, 9.17) is 4.74 Å². The zero-order chi connectivity index (χ0) is 13.4. The van der Waals surface area contributed by atoms with Crippen molar-refractivity contribution in [1.82, 2.24) is 19.8 Å². The number of hydrogen-bond acceptors (Lipinski definition) is 4. The van der Waals surface area contributed by atoms with E-state index in [0.717, 1.165) is 25.5 Å². The van der Waals surface area contributed by atoms with Gasteiger partial charge in [0.1, 0.15) is 12.4 Å². The van der Waals surface area contributed by atoms with E-state index in [1.54, 1.807) is 6.20 Å². The molecule has 0 aliphatic carbocycles. The number of aromatic nitrogens is 2. The van der Waals surface area contributed by atoms with Crippen molar-refractivity contribution in [3.05, 3.63) is 18.2 Å². The molecule has 3 heterocycles. The highest BCUT2D eigenvalue weighted by Gasteiger charge is 2.43. The number of rotatable bonds is 3. The number of nitrogens with zero attached hydrogens (tertiary/aromatic N) is 3. The summed E-state index contributed by atoms with van der Waals surface area (Å²) in [5.74, 6) is 1.07. The third-order valence-corrected chi connectivity index (χ3v) is 3.86. The molecule has 1 aromatic rings. The molecule has 2 aliphatic heterocycles. The summed E-state index contributed by atoms with van der Waals surface area (Å²) in [6, 6.07) is 0.406. The molecule has 2 atom stereocenters. The molecule has 104 valence electrons. The average Bonchev–Trinajstić information content (AvgIpc) is 2.97. The fourth-order valence-corrected chi connectivity index (χ4v) is 3.10. The van der Waals surface area contributed by atoms with Crippen LogP contribution in [0.3, 0.4) is 0 Å². The quantitative estimate of drug-likeness (QED) is 0.849. The first-order valence-corrected chi connectivity index (χ1v) is 6.78. The van der Waals surface area contributed by atoms with Gasteiger partial charge in [-0.3, -0.25) is 9.69 Å². The first-order valence-electron chi connectivity index (χ1n) is 6.78. The Kier molecular flexibility index (Phi) is 3.28. The van der Waals surface area contributed by atoms with Crippen LogP contribution in [0.4, 0.5) is 0 Å². The Bertz CT molecular complexity index is 446. The van der Waals surface area contributed by atoms with Gasteiger partial charge in [-0.15, -0.1) is 0 Å². The van der Waals surface area contributed by atoms with Crippen LogP contribution in [-0.4, -0.2) is 63.6 Å². The number of carbonyl (C=O) groups excluding carboxylic acids is 1. The van der Waals surface area contributed by atoms with E-state index in [0.29, 0.717) is 0 Å². The van der Waals surface area contributed by atoms with Gasteiger partial charge in [0.05, 0.1) is 18.7 Å². The maximum absolute atomic E-state index is 12.0. The Morgan fingerprint density at radius 2 is 2.37 bits per heavy atom. The molecule has 2 unspecified atom stereocenters. The number of morpholine rings is 1. The van der Waals surface area contributed by atoms with E-state index in [9.17, 15) is 4.79 Å². The maximum Gasteiger partial charge on any atom is 0.249 e. The van der Waals surface area contributed by atoms with Gasteiger partial charge in [0.2, 0.25) is 5.91 Å². The van der Waals surface area contributed by atoms with Crippen LogP contribution < -0.4 is 0 Å². The first kappa shape index (κ1) is 12.6. The van der Waals surface area contributed by atoms with Crippen LogP contribution in [0.15, 0.2) is 12.4 Å². The number of amides is 1. The van der Waals surface area contributed by atoms with Crippen molar-refractivity contribution in [2.75, 3.05) is 19.7 Å². The van der Waals surface area contributed by atoms with E-state index in [1.807, 2.05) is 11.1 Å². The van der Waals surface area contributed by atoms with Crippen molar-refractivity contribution in [3.8, 4) is 0 Å². The van der Waals surface area contributed by atoms with E-state index in [-0.39, 0.29) is 30.7 Å². The monoisotopic (exact) mass is 264 g/mol. The summed E-state index contributed by atoms with van der Waals surface area (Å²) >= 11 is 0. The Morgan fingerprint density at radius 1 is 1.53 bits per heavy atom. The van der Waals surface area contributed by atoms with Crippen molar-refractivity contribution in [2.24, 2.45) is 0 Å². The SMILES string of the molecule is CC(C)N1C(=O)COC2CN(Cc3ncc[nH]3)CC21. The van der Waals surface area contributed by atoms with Gasteiger partial charge in [-0.1, -0.05) is 0 Å². The highest BCUT2D eigenvalue weighted by atomic mass is 16.5. The number of fused-ring (bicyclic) bond motifs is 1. The van der Waals surface area contributed by atoms with Gasteiger partial charge in [0, 0.05) is 31.5 Å². The predicted molar refractivity (Wildman–Crippen MR) is 69.4 cm³/mol. The smallest absolute Gasteiger partial charge is 0.249 e. The van der Waals surface area contributed by atoms with Gasteiger partial charge in [-0.05, 0) is 13.8 Å². The first-order chi connectivity index (χ1) is 9.15. The second-order valence-corrected chi connectivity index (χ2v) is 5.54. The standard InChI is InChI=1S/C13H20N4O2/c1-9(2)17-10-5-16(7-12-14-3-4-15-12)6-11(10)19-8-13(17)18/h3-4,9-11H,5-8H2,1-2H3,(H,14,15). The molecule has 0 bridgehead atoms. The molecule has 2 saturated heterocycles. The Labute approximate surface area is 112 Å². The van der Waals surface area contributed by atoms with Crippen molar-refractivity contribution in [3.63, 3.8) is 0 Å². The van der Waals surface area contributed by atoms with Crippen molar-refractivity contribution in [2.45, 2.75) is 38.6 Å². The lowest BCUT2D eigenvalue weighted by atomic mass is 10.1. The van der Waals surface area contributed by atoms with Crippen LogP contribution in [-0.2, 0) is 16.1 Å². The molecule has 2 fully saturated rings. The molecule has 0 radical (unpaired) electrons. The van der Waals surface area contributed by atoms with Gasteiger partial charge in [0.25, 0.3) is 0 Å². The number of ether oxygens (including phenoxy) is 1. The Hall–Kier alpha value is -1.40. The fraction of sp³-hybridized carbons (Fsp3) is 0.692. The molecule has 3 rings (SSSR count). The summed E-state index contributed by atoms with van der Waals surface area (Å²) < 4.78 is 5.68. The maximum atomic E-state index is 12.0. The number of carbonyl (C=O) groups is 1. The summed E-state index contributed by atoms with van der Waals surface area (Å²) in [5.41, 5.74) is 0. The topological polar surface area (TPSA) is 61.5 Å². The summed E-state index contributed by atoms with van der Waals surface area (Å²) in [4.78, 5) is 23.6. The van der Waals surface area contributed by atoms with Crippen LogP contribution in [0, 0.1) is 0 Å². The van der Waals surface area contributed by atoms with Crippen LogP contribution in [0.25, 0.3) is 0 Å². The zero-order valence-corrected chi connectivity index (χ0v) is 11.4. The zero-order valence-electron chi connectivity index (χ0n) is 11.4. The molecule has 1 N–H and O–H groups in total. The van der Waals surface area contributed by atoms with Crippen molar-refractivity contribution in [1.29, 1.82) is 0 Å².